The molecule has 1 heterocycles. The van der Waals surface area contributed by atoms with E-state index < -0.39 is 23.8 Å². The van der Waals surface area contributed by atoms with Crippen LogP contribution in [0.4, 0.5) is 5.69 Å². The third-order valence-corrected chi connectivity index (χ3v) is 6.09. The average Bonchev–Trinajstić information content (AvgIpc) is 2.99. The molecule has 0 bridgehead atoms. The van der Waals surface area contributed by atoms with Gasteiger partial charge in [0.25, 0.3) is 5.91 Å². The van der Waals surface area contributed by atoms with Crippen molar-refractivity contribution < 1.29 is 29.1 Å². The number of para-hydroxylation sites is 1. The molecule has 4 rings (SSSR count). The second kappa shape index (κ2) is 13.0. The molecule has 0 radical (unpaired) electrons. The Morgan fingerprint density at radius 3 is 2.48 bits per heavy atom. The second-order valence-electron chi connectivity index (χ2n) is 8.75. The van der Waals surface area contributed by atoms with E-state index in [0.717, 1.165) is 16.5 Å². The number of methoxy groups -OCH3 is 2. The van der Waals surface area contributed by atoms with Crippen molar-refractivity contribution in [2.45, 2.75) is 12.5 Å². The number of hydroxylamine groups is 1. The van der Waals surface area contributed by atoms with Crippen LogP contribution in [0.2, 0.25) is 0 Å². The van der Waals surface area contributed by atoms with Crippen molar-refractivity contribution in [2.75, 3.05) is 19.5 Å². The third-order valence-electron chi connectivity index (χ3n) is 6.09. The molecule has 1 aromatic heterocycles. The molecular formula is C30H28N4O6. The third kappa shape index (κ3) is 7.00. The Morgan fingerprint density at radius 1 is 0.975 bits per heavy atom. The van der Waals surface area contributed by atoms with E-state index in [4.69, 9.17) is 14.7 Å². The minimum Gasteiger partial charge on any atom is -0.497 e. The van der Waals surface area contributed by atoms with Crippen molar-refractivity contribution in [2.24, 2.45) is 0 Å². The van der Waals surface area contributed by atoms with Crippen LogP contribution in [0.5, 0.6) is 11.5 Å². The number of anilines is 1. The molecule has 10 nitrogen and oxygen atoms in total. The Bertz CT molecular complexity index is 1550. The summed E-state index contributed by atoms with van der Waals surface area (Å²) in [5.41, 5.74) is 4.38. The summed E-state index contributed by atoms with van der Waals surface area (Å²) in [7, 11) is 3.07. The van der Waals surface area contributed by atoms with E-state index in [2.05, 4.69) is 15.6 Å². The van der Waals surface area contributed by atoms with Crippen LogP contribution in [0.3, 0.4) is 0 Å². The number of pyridine rings is 1. The highest BCUT2D eigenvalue weighted by molar-refractivity contribution is 6.01. The van der Waals surface area contributed by atoms with Gasteiger partial charge in [-0.15, -0.1) is 0 Å². The Labute approximate surface area is 230 Å². The molecule has 0 aliphatic heterocycles. The largest absolute Gasteiger partial charge is 0.497 e. The number of carbonyl (C=O) groups is 3. The van der Waals surface area contributed by atoms with Gasteiger partial charge in [-0.1, -0.05) is 18.2 Å². The molecule has 10 heteroatoms. The molecule has 0 aliphatic carbocycles. The molecule has 40 heavy (non-hydrogen) atoms. The molecule has 0 spiro atoms. The summed E-state index contributed by atoms with van der Waals surface area (Å²) in [5, 5.41) is 15.3. The summed E-state index contributed by atoms with van der Waals surface area (Å²) in [6, 6.07) is 19.7. The van der Waals surface area contributed by atoms with Crippen molar-refractivity contribution in [1.29, 1.82) is 0 Å². The standard InChI is InChI=1S/C30H28N4O6/c1-39-24-12-13-27(40-2)22(17-24)9-14-28(35)33-26(16-19-15-21-5-3-4-6-25(21)31-18-19)30(37)32-23-10-7-20(8-11-23)29(36)34-38/h3-15,17-18,26,38H,16H2,1-2H3,(H,32,37)(H,33,35)(H,34,36)/b14-9+/t26-/m0/s1. The molecule has 0 saturated heterocycles. The minimum absolute atomic E-state index is 0.177. The van der Waals surface area contributed by atoms with Gasteiger partial charge in [-0.3, -0.25) is 24.6 Å². The van der Waals surface area contributed by atoms with E-state index in [9.17, 15) is 14.4 Å². The van der Waals surface area contributed by atoms with E-state index in [1.165, 1.54) is 37.5 Å². The van der Waals surface area contributed by atoms with Crippen molar-refractivity contribution in [3.8, 4) is 11.5 Å². The number of carbonyl (C=O) groups excluding carboxylic acids is 3. The maximum Gasteiger partial charge on any atom is 0.274 e. The summed E-state index contributed by atoms with van der Waals surface area (Å²) in [5.74, 6) is -0.475. The van der Waals surface area contributed by atoms with E-state index >= 15 is 0 Å². The number of aromatic nitrogens is 1. The smallest absolute Gasteiger partial charge is 0.274 e. The number of rotatable bonds is 10. The Balaban J connectivity index is 1.55. The predicted molar refractivity (Wildman–Crippen MR) is 150 cm³/mol. The number of nitrogens with zero attached hydrogens (tertiary/aromatic N) is 1. The lowest BCUT2D eigenvalue weighted by Crippen LogP contribution is -2.44. The first-order valence-corrected chi connectivity index (χ1v) is 12.3. The van der Waals surface area contributed by atoms with Gasteiger partial charge in [-0.05, 0) is 66.2 Å². The van der Waals surface area contributed by atoms with Crippen molar-refractivity contribution in [3.05, 3.63) is 102 Å². The number of fused-ring (bicyclic) bond motifs is 1. The molecule has 0 saturated carbocycles. The molecular weight excluding hydrogens is 512 g/mol. The molecule has 204 valence electrons. The zero-order valence-electron chi connectivity index (χ0n) is 21.9. The first-order valence-electron chi connectivity index (χ1n) is 12.3. The number of hydrogen-bond donors (Lipinski definition) is 4. The molecule has 3 amide bonds. The molecule has 3 aromatic carbocycles. The van der Waals surface area contributed by atoms with Gasteiger partial charge in [-0.25, -0.2) is 5.48 Å². The van der Waals surface area contributed by atoms with E-state index in [1.54, 1.807) is 43.1 Å². The number of hydrogen-bond acceptors (Lipinski definition) is 7. The molecule has 0 unspecified atom stereocenters. The maximum absolute atomic E-state index is 13.3. The Morgan fingerprint density at radius 2 is 1.75 bits per heavy atom. The number of ether oxygens (including phenoxy) is 2. The van der Waals surface area contributed by atoms with E-state index in [-0.39, 0.29) is 12.0 Å². The van der Waals surface area contributed by atoms with Gasteiger partial charge in [-0.2, -0.15) is 0 Å². The topological polar surface area (TPSA) is 139 Å². The van der Waals surface area contributed by atoms with Crippen molar-refractivity contribution in [1.82, 2.24) is 15.8 Å². The van der Waals surface area contributed by atoms with Crippen molar-refractivity contribution >= 4 is 40.4 Å². The molecule has 4 aromatic rings. The molecule has 4 N–H and O–H groups in total. The van der Waals surface area contributed by atoms with Gasteiger partial charge in [0.1, 0.15) is 17.5 Å². The van der Waals surface area contributed by atoms with Gasteiger partial charge in [0, 0.05) is 40.9 Å². The zero-order chi connectivity index (χ0) is 28.5. The summed E-state index contributed by atoms with van der Waals surface area (Å²) in [6.07, 6.45) is 4.75. The first-order chi connectivity index (χ1) is 19.4. The van der Waals surface area contributed by atoms with Crippen molar-refractivity contribution in [3.63, 3.8) is 0 Å². The van der Waals surface area contributed by atoms with Crippen LogP contribution in [0, 0.1) is 0 Å². The Kier molecular flexibility index (Phi) is 9.06. The van der Waals surface area contributed by atoms with Gasteiger partial charge >= 0.3 is 0 Å². The Hall–Kier alpha value is -5.22. The van der Waals surface area contributed by atoms with Crippen LogP contribution < -0.4 is 25.6 Å². The van der Waals surface area contributed by atoms with Crippen LogP contribution in [0.1, 0.15) is 21.5 Å². The number of benzene rings is 3. The highest BCUT2D eigenvalue weighted by Gasteiger charge is 2.21. The lowest BCUT2D eigenvalue weighted by molar-refractivity contribution is -0.123. The summed E-state index contributed by atoms with van der Waals surface area (Å²) < 4.78 is 10.6. The van der Waals surface area contributed by atoms with Gasteiger partial charge in [0.2, 0.25) is 11.8 Å². The molecule has 0 fully saturated rings. The predicted octanol–water partition coefficient (Wildman–Crippen LogP) is 3.75. The van der Waals surface area contributed by atoms with Gasteiger partial charge in [0.15, 0.2) is 0 Å². The second-order valence-corrected chi connectivity index (χ2v) is 8.75. The summed E-state index contributed by atoms with van der Waals surface area (Å²) >= 11 is 0. The maximum atomic E-state index is 13.3. The van der Waals surface area contributed by atoms with Crippen LogP contribution in [0.15, 0.2) is 85.1 Å². The zero-order valence-corrected chi connectivity index (χ0v) is 21.9. The quantitative estimate of drug-likeness (QED) is 0.137. The highest BCUT2D eigenvalue weighted by Crippen LogP contribution is 2.25. The SMILES string of the molecule is COc1ccc(OC)c(/C=C/C(=O)N[C@@H](Cc2cnc3ccccc3c2)C(=O)Nc2ccc(C(=O)NO)cc2)c1. The first kappa shape index (κ1) is 27.8. The molecule has 0 aliphatic rings. The normalized spacial score (nSPS) is 11.6. The fraction of sp³-hybridized carbons (Fsp3) is 0.133. The lowest BCUT2D eigenvalue weighted by Gasteiger charge is -2.18. The minimum atomic E-state index is -0.951. The van der Waals surface area contributed by atoms with Gasteiger partial charge < -0.3 is 20.1 Å². The fourth-order valence-corrected chi connectivity index (χ4v) is 4.03. The van der Waals surface area contributed by atoms with E-state index in [0.29, 0.717) is 22.7 Å². The van der Waals surface area contributed by atoms with Gasteiger partial charge in [0.05, 0.1) is 19.7 Å². The van der Waals surface area contributed by atoms with E-state index in [1.807, 2.05) is 30.3 Å². The highest BCUT2D eigenvalue weighted by atomic mass is 16.5. The average molecular weight is 541 g/mol. The molecule has 1 atom stereocenters. The lowest BCUT2D eigenvalue weighted by atomic mass is 10.0. The van der Waals surface area contributed by atoms with Crippen LogP contribution >= 0.6 is 0 Å². The van der Waals surface area contributed by atoms with Crippen LogP contribution in [-0.2, 0) is 16.0 Å². The van der Waals surface area contributed by atoms with Crippen LogP contribution in [-0.4, -0.2) is 48.2 Å². The summed E-state index contributed by atoms with van der Waals surface area (Å²) in [6.45, 7) is 0. The summed E-state index contributed by atoms with van der Waals surface area (Å²) in [4.78, 5) is 42.3. The monoisotopic (exact) mass is 540 g/mol. The number of amides is 3. The van der Waals surface area contributed by atoms with Crippen LogP contribution in [0.25, 0.3) is 17.0 Å². The number of nitrogens with one attached hydrogen (secondary N) is 3. The fourth-order valence-electron chi connectivity index (χ4n) is 4.03.